The van der Waals surface area contributed by atoms with Crippen LogP contribution in [0.4, 0.5) is 0 Å². The molecule has 2 rings (SSSR count). The molecule has 1 aromatic rings. The Kier molecular flexibility index (Phi) is 5.19. The molecule has 1 aliphatic heterocycles. The predicted molar refractivity (Wildman–Crippen MR) is 76.9 cm³/mol. The van der Waals surface area contributed by atoms with E-state index in [1.807, 2.05) is 24.3 Å². The van der Waals surface area contributed by atoms with Crippen molar-refractivity contribution < 1.29 is 4.79 Å². The van der Waals surface area contributed by atoms with Crippen molar-refractivity contribution >= 4 is 17.5 Å². The Morgan fingerprint density at radius 1 is 1.42 bits per heavy atom. The van der Waals surface area contributed by atoms with E-state index in [9.17, 15) is 4.79 Å². The molecule has 1 saturated heterocycles. The highest BCUT2D eigenvalue weighted by atomic mass is 35.5. The van der Waals surface area contributed by atoms with Crippen LogP contribution in [0.3, 0.4) is 0 Å². The van der Waals surface area contributed by atoms with E-state index in [4.69, 9.17) is 17.3 Å². The van der Waals surface area contributed by atoms with Crippen molar-refractivity contribution in [1.29, 1.82) is 0 Å². The van der Waals surface area contributed by atoms with Gasteiger partial charge >= 0.3 is 0 Å². The van der Waals surface area contributed by atoms with Crippen molar-refractivity contribution in [2.75, 3.05) is 19.6 Å². The number of carbonyl (C=O) groups excluding carboxylic acids is 1. The van der Waals surface area contributed by atoms with E-state index < -0.39 is 0 Å². The molecule has 0 radical (unpaired) electrons. The van der Waals surface area contributed by atoms with E-state index in [1.54, 1.807) is 0 Å². The third-order valence-electron chi connectivity index (χ3n) is 3.38. The lowest BCUT2D eigenvalue weighted by atomic mass is 10.1. The number of halogens is 1. The van der Waals surface area contributed by atoms with E-state index in [2.05, 4.69) is 10.2 Å². The molecule has 4 nitrogen and oxygen atoms in total. The zero-order chi connectivity index (χ0) is 13.7. The van der Waals surface area contributed by atoms with Crippen LogP contribution >= 0.6 is 11.6 Å². The molecule has 5 heteroatoms. The number of nitrogens with one attached hydrogen (secondary N) is 1. The summed E-state index contributed by atoms with van der Waals surface area (Å²) in [5.41, 5.74) is 6.85. The van der Waals surface area contributed by atoms with Crippen molar-refractivity contribution in [2.24, 2.45) is 5.73 Å². The number of hydrogen-bond donors (Lipinski definition) is 2. The second kappa shape index (κ2) is 6.89. The predicted octanol–water partition coefficient (Wildman–Crippen LogP) is 1.38. The fourth-order valence-electron chi connectivity index (χ4n) is 2.22. The van der Waals surface area contributed by atoms with Gasteiger partial charge < -0.3 is 11.1 Å². The molecular weight excluding hydrogens is 262 g/mol. The molecule has 0 bridgehead atoms. The van der Waals surface area contributed by atoms with Crippen LogP contribution in [-0.2, 0) is 11.3 Å². The second-order valence-corrected chi connectivity index (χ2v) is 5.46. The molecular formula is C14H20ClN3O. The third-order valence-corrected chi connectivity index (χ3v) is 3.61. The summed E-state index contributed by atoms with van der Waals surface area (Å²) in [6.45, 7) is 2.79. The van der Waals surface area contributed by atoms with Gasteiger partial charge in [0, 0.05) is 30.7 Å². The van der Waals surface area contributed by atoms with Crippen LogP contribution in [0.2, 0.25) is 5.02 Å². The highest BCUT2D eigenvalue weighted by Crippen LogP contribution is 2.10. The lowest BCUT2D eigenvalue weighted by molar-refractivity contribution is -0.122. The number of amides is 1. The summed E-state index contributed by atoms with van der Waals surface area (Å²) >= 11 is 5.90. The van der Waals surface area contributed by atoms with Crippen molar-refractivity contribution in [2.45, 2.75) is 25.4 Å². The number of nitrogens with two attached hydrogens (primary N) is 1. The Labute approximate surface area is 118 Å². The van der Waals surface area contributed by atoms with Crippen molar-refractivity contribution in [3.63, 3.8) is 0 Å². The van der Waals surface area contributed by atoms with Crippen LogP contribution in [0.25, 0.3) is 0 Å². The summed E-state index contributed by atoms with van der Waals surface area (Å²) in [6, 6.07) is 7.82. The van der Waals surface area contributed by atoms with Gasteiger partial charge in [0.05, 0.1) is 6.54 Å². The van der Waals surface area contributed by atoms with Gasteiger partial charge in [-0.05, 0) is 30.5 Å². The number of piperidine rings is 1. The normalized spacial score (nSPS) is 17.4. The topological polar surface area (TPSA) is 58.4 Å². The van der Waals surface area contributed by atoms with Gasteiger partial charge in [-0.3, -0.25) is 9.69 Å². The molecule has 0 saturated carbocycles. The minimum atomic E-state index is 0.0513. The third kappa shape index (κ3) is 4.82. The van der Waals surface area contributed by atoms with Gasteiger partial charge in [0.15, 0.2) is 0 Å². The minimum Gasteiger partial charge on any atom is -0.351 e. The van der Waals surface area contributed by atoms with Crippen LogP contribution in [-0.4, -0.2) is 36.5 Å². The Morgan fingerprint density at radius 3 is 2.84 bits per heavy atom. The first-order valence-electron chi connectivity index (χ1n) is 6.62. The zero-order valence-corrected chi connectivity index (χ0v) is 11.7. The van der Waals surface area contributed by atoms with Gasteiger partial charge in [0.2, 0.25) is 5.91 Å². The number of benzene rings is 1. The van der Waals surface area contributed by atoms with Crippen molar-refractivity contribution in [3.05, 3.63) is 34.9 Å². The Bertz CT molecular complexity index is 430. The van der Waals surface area contributed by atoms with E-state index in [-0.39, 0.29) is 5.91 Å². The Hall–Kier alpha value is -1.10. The Morgan fingerprint density at radius 2 is 2.16 bits per heavy atom. The van der Waals surface area contributed by atoms with E-state index >= 15 is 0 Å². The van der Waals surface area contributed by atoms with Gasteiger partial charge in [0.25, 0.3) is 0 Å². The number of hydrogen-bond acceptors (Lipinski definition) is 3. The molecule has 0 atom stereocenters. The van der Waals surface area contributed by atoms with Crippen molar-refractivity contribution in [1.82, 2.24) is 10.2 Å². The fourth-order valence-corrected chi connectivity index (χ4v) is 2.43. The maximum absolute atomic E-state index is 11.8. The first-order chi connectivity index (χ1) is 9.13. The average Bonchev–Trinajstić information content (AvgIpc) is 2.39. The van der Waals surface area contributed by atoms with Crippen LogP contribution < -0.4 is 11.1 Å². The molecule has 3 N–H and O–H groups in total. The monoisotopic (exact) mass is 281 g/mol. The number of rotatable bonds is 4. The van der Waals surface area contributed by atoms with Crippen molar-refractivity contribution in [3.8, 4) is 0 Å². The van der Waals surface area contributed by atoms with E-state index in [0.717, 1.165) is 31.5 Å². The summed E-state index contributed by atoms with van der Waals surface area (Å²) in [6.07, 6.45) is 1.95. The van der Waals surface area contributed by atoms with Gasteiger partial charge in [-0.25, -0.2) is 0 Å². The zero-order valence-electron chi connectivity index (χ0n) is 10.9. The molecule has 104 valence electrons. The molecule has 1 aliphatic rings. The maximum atomic E-state index is 11.8. The minimum absolute atomic E-state index is 0.0513. The number of nitrogens with zero attached hydrogens (tertiary/aromatic N) is 1. The summed E-state index contributed by atoms with van der Waals surface area (Å²) < 4.78 is 0. The van der Waals surface area contributed by atoms with Crippen LogP contribution in [0.1, 0.15) is 18.4 Å². The number of carbonyl (C=O) groups is 1. The van der Waals surface area contributed by atoms with Crippen LogP contribution in [0, 0.1) is 0 Å². The van der Waals surface area contributed by atoms with Gasteiger partial charge in [-0.15, -0.1) is 0 Å². The maximum Gasteiger partial charge on any atom is 0.234 e. The highest BCUT2D eigenvalue weighted by molar-refractivity contribution is 6.30. The molecule has 1 heterocycles. The highest BCUT2D eigenvalue weighted by Gasteiger charge is 2.17. The summed E-state index contributed by atoms with van der Waals surface area (Å²) in [5, 5.41) is 3.61. The van der Waals surface area contributed by atoms with Crippen LogP contribution in [0.5, 0.6) is 0 Å². The Balaban J connectivity index is 1.73. The molecule has 19 heavy (non-hydrogen) atoms. The average molecular weight is 282 g/mol. The van der Waals surface area contributed by atoms with Gasteiger partial charge in [-0.2, -0.15) is 0 Å². The standard InChI is InChI=1S/C14H20ClN3O/c15-12-3-1-2-11(8-12)9-17-14(19)10-18-6-4-13(16)5-7-18/h1-3,8,13H,4-7,9-10,16H2,(H,17,19). The lowest BCUT2D eigenvalue weighted by Gasteiger charge is -2.29. The van der Waals surface area contributed by atoms with E-state index in [1.165, 1.54) is 0 Å². The first kappa shape index (κ1) is 14.3. The quantitative estimate of drug-likeness (QED) is 0.877. The number of likely N-dealkylation sites (tertiary alicyclic amines) is 1. The molecule has 0 spiro atoms. The van der Waals surface area contributed by atoms with Gasteiger partial charge in [-0.1, -0.05) is 23.7 Å². The van der Waals surface area contributed by atoms with Crippen LogP contribution in [0.15, 0.2) is 24.3 Å². The largest absolute Gasteiger partial charge is 0.351 e. The molecule has 0 aromatic heterocycles. The van der Waals surface area contributed by atoms with Gasteiger partial charge in [0.1, 0.15) is 0 Å². The second-order valence-electron chi connectivity index (χ2n) is 5.02. The van der Waals surface area contributed by atoms with E-state index in [0.29, 0.717) is 24.2 Å². The molecule has 1 aromatic carbocycles. The molecule has 1 amide bonds. The summed E-state index contributed by atoms with van der Waals surface area (Å²) in [7, 11) is 0. The smallest absolute Gasteiger partial charge is 0.234 e. The first-order valence-corrected chi connectivity index (χ1v) is 7.00. The summed E-state index contributed by atoms with van der Waals surface area (Å²) in [4.78, 5) is 14.0. The lowest BCUT2D eigenvalue weighted by Crippen LogP contribution is -2.44. The molecule has 0 aliphatic carbocycles. The molecule has 1 fully saturated rings. The SMILES string of the molecule is NC1CCN(CC(=O)NCc2cccc(Cl)c2)CC1. The molecule has 0 unspecified atom stereocenters. The fraction of sp³-hybridized carbons (Fsp3) is 0.500. The summed E-state index contributed by atoms with van der Waals surface area (Å²) in [5.74, 6) is 0.0513.